The number of aromatic nitrogens is 3. The molecule has 0 fully saturated rings. The van der Waals surface area contributed by atoms with E-state index in [-0.39, 0.29) is 5.28 Å². The second-order valence-electron chi connectivity index (χ2n) is 9.52. The highest BCUT2D eigenvalue weighted by Crippen LogP contribution is 2.48. The first-order chi connectivity index (χ1) is 18.8. The monoisotopic (exact) mass is 525 g/mol. The number of benzene rings is 5. The summed E-state index contributed by atoms with van der Waals surface area (Å²) in [6, 6.07) is 33.8. The number of nitrogens with zero attached hydrogens (tertiary/aromatic N) is 3. The van der Waals surface area contributed by atoms with Crippen molar-refractivity contribution in [2.75, 3.05) is 0 Å². The predicted molar refractivity (Wildman–Crippen MR) is 159 cm³/mol. The second-order valence-corrected chi connectivity index (χ2v) is 10.9. The maximum Gasteiger partial charge on any atom is 0.225 e. The molecule has 4 aromatic heterocycles. The van der Waals surface area contributed by atoms with Gasteiger partial charge in [0.25, 0.3) is 0 Å². The van der Waals surface area contributed by atoms with Gasteiger partial charge >= 0.3 is 0 Å². The molecule has 178 valence electrons. The zero-order valence-corrected chi connectivity index (χ0v) is 21.3. The lowest BCUT2D eigenvalue weighted by atomic mass is 9.99. The van der Waals surface area contributed by atoms with Gasteiger partial charge < -0.3 is 4.42 Å². The van der Waals surface area contributed by atoms with Gasteiger partial charge in [-0.05, 0) is 46.6 Å². The number of para-hydroxylation sites is 2. The van der Waals surface area contributed by atoms with E-state index in [9.17, 15) is 0 Å². The Morgan fingerprint density at radius 1 is 0.658 bits per heavy atom. The highest BCUT2D eigenvalue weighted by molar-refractivity contribution is 7.27. The van der Waals surface area contributed by atoms with E-state index in [0.717, 1.165) is 32.9 Å². The fourth-order valence-corrected chi connectivity index (χ4v) is 7.47. The molecule has 9 rings (SSSR count). The minimum atomic E-state index is 0.193. The molecule has 4 heterocycles. The van der Waals surface area contributed by atoms with E-state index < -0.39 is 0 Å². The van der Waals surface area contributed by atoms with Crippen LogP contribution in [0, 0.1) is 0 Å². The highest BCUT2D eigenvalue weighted by atomic mass is 35.5. The summed E-state index contributed by atoms with van der Waals surface area (Å²) in [4.78, 5) is 9.40. The number of fused-ring (bicyclic) bond motifs is 13. The summed E-state index contributed by atoms with van der Waals surface area (Å²) in [6.07, 6.45) is 0. The van der Waals surface area contributed by atoms with Crippen LogP contribution >= 0.6 is 22.9 Å². The van der Waals surface area contributed by atoms with E-state index in [1.165, 1.54) is 36.3 Å². The Morgan fingerprint density at radius 2 is 1.32 bits per heavy atom. The molecule has 0 atom stereocenters. The molecule has 0 radical (unpaired) electrons. The summed E-state index contributed by atoms with van der Waals surface area (Å²) in [5, 5.41) is 8.48. The summed E-state index contributed by atoms with van der Waals surface area (Å²) < 4.78 is 11.1. The zero-order chi connectivity index (χ0) is 25.0. The first-order valence-corrected chi connectivity index (χ1v) is 13.6. The Bertz CT molecular complexity index is 2430. The lowest BCUT2D eigenvalue weighted by molar-refractivity contribution is 0.662. The molecule has 0 amide bonds. The molecule has 0 aliphatic rings. The van der Waals surface area contributed by atoms with Crippen LogP contribution in [0.25, 0.3) is 80.6 Å². The largest absolute Gasteiger partial charge is 0.450 e. The molecule has 0 aliphatic carbocycles. The van der Waals surface area contributed by atoms with Crippen LogP contribution in [0.4, 0.5) is 0 Å². The van der Waals surface area contributed by atoms with Gasteiger partial charge in [0.15, 0.2) is 11.4 Å². The van der Waals surface area contributed by atoms with Crippen molar-refractivity contribution in [3.63, 3.8) is 0 Å². The molecule has 0 saturated heterocycles. The van der Waals surface area contributed by atoms with Crippen molar-refractivity contribution in [2.24, 2.45) is 0 Å². The quantitative estimate of drug-likeness (QED) is 0.200. The van der Waals surface area contributed by atoms with Crippen LogP contribution in [0.15, 0.2) is 101 Å². The Hall–Kier alpha value is -4.45. The number of furan rings is 1. The van der Waals surface area contributed by atoms with E-state index in [1.54, 1.807) is 0 Å². The van der Waals surface area contributed by atoms with Crippen molar-refractivity contribution in [3.8, 4) is 5.82 Å². The van der Waals surface area contributed by atoms with Crippen LogP contribution in [-0.2, 0) is 0 Å². The van der Waals surface area contributed by atoms with E-state index in [1.807, 2.05) is 35.6 Å². The third-order valence-electron chi connectivity index (χ3n) is 7.54. The van der Waals surface area contributed by atoms with Crippen LogP contribution in [0.5, 0.6) is 0 Å². The molecule has 4 nitrogen and oxygen atoms in total. The summed E-state index contributed by atoms with van der Waals surface area (Å²) in [7, 11) is 0. The van der Waals surface area contributed by atoms with Crippen LogP contribution in [0.2, 0.25) is 5.28 Å². The van der Waals surface area contributed by atoms with Gasteiger partial charge in [0.2, 0.25) is 5.28 Å². The van der Waals surface area contributed by atoms with E-state index >= 15 is 0 Å². The second kappa shape index (κ2) is 7.32. The first kappa shape index (κ1) is 20.6. The maximum atomic E-state index is 6.60. The topological polar surface area (TPSA) is 43.9 Å². The standard InChI is InChI=1S/C32H16ClN3OS/c33-32-34-27-20-12-4-7-15-23(20)37-29(27)31(35-32)36-22-14-6-3-11-19(22)25-17-9-1-2-10-18(17)26-21-13-5-8-16-24(21)38-30(26)28(25)36/h1-16H. The first-order valence-electron chi connectivity index (χ1n) is 12.4. The van der Waals surface area contributed by atoms with Crippen molar-refractivity contribution >= 4 is 97.8 Å². The third kappa shape index (κ3) is 2.55. The molecule has 0 spiro atoms. The SMILES string of the molecule is Clc1nc(-n2c3ccccc3c3c4ccccc4c4c5ccccc5sc4c32)c2oc3ccccc3c2n1. The van der Waals surface area contributed by atoms with Gasteiger partial charge in [-0.1, -0.05) is 72.8 Å². The van der Waals surface area contributed by atoms with Gasteiger partial charge in [0, 0.05) is 31.6 Å². The zero-order valence-electron chi connectivity index (χ0n) is 19.8. The lowest BCUT2D eigenvalue weighted by Gasteiger charge is -2.10. The van der Waals surface area contributed by atoms with Crippen molar-refractivity contribution in [2.45, 2.75) is 0 Å². The van der Waals surface area contributed by atoms with Crippen molar-refractivity contribution in [3.05, 3.63) is 102 Å². The van der Waals surface area contributed by atoms with Crippen molar-refractivity contribution in [1.29, 1.82) is 0 Å². The predicted octanol–water partition coefficient (Wildman–Crippen LogP) is 9.65. The molecule has 0 unspecified atom stereocenters. The molecule has 0 aliphatic heterocycles. The molecule has 0 N–H and O–H groups in total. The number of rotatable bonds is 1. The lowest BCUT2D eigenvalue weighted by Crippen LogP contribution is -2.00. The number of hydrogen-bond acceptors (Lipinski definition) is 4. The molecule has 9 aromatic rings. The van der Waals surface area contributed by atoms with Gasteiger partial charge in [-0.15, -0.1) is 11.3 Å². The smallest absolute Gasteiger partial charge is 0.225 e. The molecular weight excluding hydrogens is 510 g/mol. The number of halogens is 1. The van der Waals surface area contributed by atoms with E-state index in [4.69, 9.17) is 21.0 Å². The number of hydrogen-bond donors (Lipinski definition) is 0. The van der Waals surface area contributed by atoms with Crippen LogP contribution in [-0.4, -0.2) is 14.5 Å². The molecule has 6 heteroatoms. The van der Waals surface area contributed by atoms with E-state index in [0.29, 0.717) is 11.4 Å². The Morgan fingerprint density at radius 3 is 2.16 bits per heavy atom. The van der Waals surface area contributed by atoms with Gasteiger partial charge in [0.1, 0.15) is 11.1 Å². The van der Waals surface area contributed by atoms with Crippen LogP contribution in [0.1, 0.15) is 0 Å². The fraction of sp³-hybridized carbons (Fsp3) is 0. The van der Waals surface area contributed by atoms with Crippen LogP contribution in [0.3, 0.4) is 0 Å². The van der Waals surface area contributed by atoms with Gasteiger partial charge in [-0.2, -0.15) is 4.98 Å². The van der Waals surface area contributed by atoms with Gasteiger partial charge in [-0.25, -0.2) is 4.98 Å². The highest BCUT2D eigenvalue weighted by Gasteiger charge is 2.25. The van der Waals surface area contributed by atoms with Crippen LogP contribution < -0.4 is 0 Å². The summed E-state index contributed by atoms with van der Waals surface area (Å²) in [6.45, 7) is 0. The molecule has 5 aromatic carbocycles. The van der Waals surface area contributed by atoms with Gasteiger partial charge in [-0.3, -0.25) is 4.57 Å². The van der Waals surface area contributed by atoms with E-state index in [2.05, 4.69) is 82.3 Å². The van der Waals surface area contributed by atoms with Crippen molar-refractivity contribution < 1.29 is 4.42 Å². The minimum Gasteiger partial charge on any atom is -0.450 e. The molecule has 0 bridgehead atoms. The Balaban J connectivity index is 1.61. The third-order valence-corrected chi connectivity index (χ3v) is 8.88. The Labute approximate surface area is 224 Å². The average molecular weight is 526 g/mol. The van der Waals surface area contributed by atoms with Crippen molar-refractivity contribution in [1.82, 2.24) is 14.5 Å². The summed E-state index contributed by atoms with van der Waals surface area (Å²) in [5.74, 6) is 0.649. The average Bonchev–Trinajstić information content (AvgIpc) is 3.63. The molecule has 0 saturated carbocycles. The number of thiophene rings is 1. The van der Waals surface area contributed by atoms with Gasteiger partial charge in [0.05, 0.1) is 15.7 Å². The fourth-order valence-electron chi connectivity index (χ4n) is 6.05. The summed E-state index contributed by atoms with van der Waals surface area (Å²) in [5.41, 5.74) is 4.26. The maximum absolute atomic E-state index is 6.60. The molecule has 38 heavy (non-hydrogen) atoms. The normalized spacial score (nSPS) is 12.3. The Kier molecular flexibility index (Phi) is 3.96. The summed E-state index contributed by atoms with van der Waals surface area (Å²) >= 11 is 8.42. The minimum absolute atomic E-state index is 0.193. The molecular formula is C32H16ClN3OS.